The van der Waals surface area contributed by atoms with Crippen LogP contribution in [0.4, 0.5) is 4.39 Å². The van der Waals surface area contributed by atoms with Gasteiger partial charge in [0.15, 0.2) is 11.4 Å². The van der Waals surface area contributed by atoms with Gasteiger partial charge in [0.2, 0.25) is 0 Å². The molecule has 1 unspecified atom stereocenters. The highest BCUT2D eigenvalue weighted by molar-refractivity contribution is 5.78. The van der Waals surface area contributed by atoms with Gasteiger partial charge in [-0.1, -0.05) is 36.4 Å². The van der Waals surface area contributed by atoms with E-state index in [1.54, 1.807) is 12.1 Å². The summed E-state index contributed by atoms with van der Waals surface area (Å²) >= 11 is 0. The van der Waals surface area contributed by atoms with Crippen LogP contribution in [0.3, 0.4) is 0 Å². The molecule has 2 aromatic carbocycles. The first-order valence-corrected chi connectivity index (χ1v) is 6.16. The standard InChI is InChI=1S/C16H14FNO/c1-10-5-2-3-7-12(10)15(18)14-9-11-6-4-8-13(17)16(11)19-14/h2-9,15H,18H2,1H3. The van der Waals surface area contributed by atoms with Crippen molar-refractivity contribution in [2.45, 2.75) is 13.0 Å². The Labute approximate surface area is 110 Å². The lowest BCUT2D eigenvalue weighted by molar-refractivity contribution is 0.501. The number of aryl methyl sites for hydroxylation is 1. The van der Waals surface area contributed by atoms with Gasteiger partial charge in [-0.2, -0.15) is 0 Å². The van der Waals surface area contributed by atoms with Crippen molar-refractivity contribution in [1.82, 2.24) is 0 Å². The SMILES string of the molecule is Cc1ccccc1C(N)c1cc2cccc(F)c2o1. The molecule has 0 bridgehead atoms. The van der Waals surface area contributed by atoms with Gasteiger partial charge in [-0.15, -0.1) is 0 Å². The summed E-state index contributed by atoms with van der Waals surface area (Å²) in [5.74, 6) is 0.218. The van der Waals surface area contributed by atoms with E-state index in [-0.39, 0.29) is 17.4 Å². The number of hydrogen-bond acceptors (Lipinski definition) is 2. The molecule has 3 rings (SSSR count). The fourth-order valence-corrected chi connectivity index (χ4v) is 2.29. The second kappa shape index (κ2) is 4.52. The number of fused-ring (bicyclic) bond motifs is 1. The summed E-state index contributed by atoms with van der Waals surface area (Å²) in [7, 11) is 0. The number of para-hydroxylation sites is 1. The molecule has 3 aromatic rings. The van der Waals surface area contributed by atoms with Crippen LogP contribution >= 0.6 is 0 Å². The third-order valence-electron chi connectivity index (χ3n) is 3.35. The number of hydrogen-bond donors (Lipinski definition) is 1. The number of rotatable bonds is 2. The zero-order valence-electron chi connectivity index (χ0n) is 10.6. The Morgan fingerprint density at radius 1 is 1.11 bits per heavy atom. The summed E-state index contributed by atoms with van der Waals surface area (Å²) in [6.45, 7) is 2.00. The van der Waals surface area contributed by atoms with Gasteiger partial charge in [0.25, 0.3) is 0 Å². The summed E-state index contributed by atoms with van der Waals surface area (Å²) in [6.07, 6.45) is 0. The zero-order valence-corrected chi connectivity index (χ0v) is 10.6. The molecule has 96 valence electrons. The molecule has 0 radical (unpaired) electrons. The minimum atomic E-state index is -0.381. The van der Waals surface area contributed by atoms with E-state index in [0.29, 0.717) is 5.76 Å². The molecule has 0 amide bonds. The lowest BCUT2D eigenvalue weighted by Crippen LogP contribution is -2.12. The summed E-state index contributed by atoms with van der Waals surface area (Å²) in [5, 5.41) is 0.735. The normalized spacial score (nSPS) is 12.8. The maximum absolute atomic E-state index is 13.6. The molecule has 0 spiro atoms. The fourth-order valence-electron chi connectivity index (χ4n) is 2.29. The van der Waals surface area contributed by atoms with Crippen LogP contribution in [-0.2, 0) is 0 Å². The minimum Gasteiger partial charge on any atom is -0.456 e. The smallest absolute Gasteiger partial charge is 0.169 e. The average molecular weight is 255 g/mol. The Kier molecular flexibility index (Phi) is 2.84. The van der Waals surface area contributed by atoms with Crippen LogP contribution in [0.25, 0.3) is 11.0 Å². The van der Waals surface area contributed by atoms with Gasteiger partial charge in [0.05, 0.1) is 6.04 Å². The Hall–Kier alpha value is -2.13. The molecule has 19 heavy (non-hydrogen) atoms. The second-order valence-corrected chi connectivity index (χ2v) is 4.64. The molecule has 2 N–H and O–H groups in total. The highest BCUT2D eigenvalue weighted by Crippen LogP contribution is 2.29. The van der Waals surface area contributed by atoms with E-state index in [9.17, 15) is 4.39 Å². The van der Waals surface area contributed by atoms with Gasteiger partial charge in [-0.25, -0.2) is 4.39 Å². The lowest BCUT2D eigenvalue weighted by Gasteiger charge is -2.11. The van der Waals surface area contributed by atoms with Crippen molar-refractivity contribution in [1.29, 1.82) is 0 Å². The predicted molar refractivity (Wildman–Crippen MR) is 73.4 cm³/mol. The van der Waals surface area contributed by atoms with Gasteiger partial charge in [-0.05, 0) is 30.2 Å². The predicted octanol–water partition coefficient (Wildman–Crippen LogP) is 3.93. The molecule has 2 nitrogen and oxygen atoms in total. The topological polar surface area (TPSA) is 39.2 Å². The van der Waals surface area contributed by atoms with E-state index in [2.05, 4.69) is 0 Å². The second-order valence-electron chi connectivity index (χ2n) is 4.64. The van der Waals surface area contributed by atoms with Crippen LogP contribution in [-0.4, -0.2) is 0 Å². The number of furan rings is 1. The minimum absolute atomic E-state index is 0.265. The monoisotopic (exact) mass is 255 g/mol. The Balaban J connectivity index is 2.10. The Morgan fingerprint density at radius 2 is 1.89 bits per heavy atom. The summed E-state index contributed by atoms with van der Waals surface area (Å²) in [4.78, 5) is 0. The first kappa shape index (κ1) is 11.9. The molecular formula is C16H14FNO. The third-order valence-corrected chi connectivity index (χ3v) is 3.35. The molecule has 0 aliphatic carbocycles. The van der Waals surface area contributed by atoms with Crippen molar-refractivity contribution < 1.29 is 8.81 Å². The maximum atomic E-state index is 13.6. The molecular weight excluding hydrogens is 241 g/mol. The first-order valence-electron chi connectivity index (χ1n) is 6.16. The Morgan fingerprint density at radius 3 is 2.63 bits per heavy atom. The van der Waals surface area contributed by atoms with E-state index in [1.807, 2.05) is 37.3 Å². The number of halogens is 1. The zero-order chi connectivity index (χ0) is 13.4. The maximum Gasteiger partial charge on any atom is 0.169 e. The van der Waals surface area contributed by atoms with Gasteiger partial charge in [-0.3, -0.25) is 0 Å². The molecule has 0 saturated heterocycles. The van der Waals surface area contributed by atoms with Crippen LogP contribution < -0.4 is 5.73 Å². The van der Waals surface area contributed by atoms with Gasteiger partial charge in [0, 0.05) is 5.39 Å². The Bertz CT molecular complexity index is 732. The summed E-state index contributed by atoms with van der Waals surface area (Å²) in [5.41, 5.74) is 8.56. The molecule has 0 aliphatic rings. The highest BCUT2D eigenvalue weighted by atomic mass is 19.1. The van der Waals surface area contributed by atoms with Crippen molar-refractivity contribution >= 4 is 11.0 Å². The molecule has 1 heterocycles. The van der Waals surface area contributed by atoms with Crippen molar-refractivity contribution in [3.63, 3.8) is 0 Å². The van der Waals surface area contributed by atoms with Crippen molar-refractivity contribution in [3.05, 3.63) is 71.2 Å². The molecule has 1 atom stereocenters. The highest BCUT2D eigenvalue weighted by Gasteiger charge is 2.17. The largest absolute Gasteiger partial charge is 0.456 e. The van der Waals surface area contributed by atoms with Crippen molar-refractivity contribution in [2.75, 3.05) is 0 Å². The molecule has 0 aliphatic heterocycles. The van der Waals surface area contributed by atoms with Crippen molar-refractivity contribution in [2.24, 2.45) is 5.73 Å². The van der Waals surface area contributed by atoms with Crippen LogP contribution in [0.15, 0.2) is 52.9 Å². The molecule has 3 heteroatoms. The van der Waals surface area contributed by atoms with E-state index in [1.165, 1.54) is 6.07 Å². The lowest BCUT2D eigenvalue weighted by atomic mass is 10.0. The van der Waals surface area contributed by atoms with Gasteiger partial charge < -0.3 is 10.2 Å². The molecule has 0 fully saturated rings. The van der Waals surface area contributed by atoms with Crippen LogP contribution in [0.2, 0.25) is 0 Å². The van der Waals surface area contributed by atoms with E-state index in [4.69, 9.17) is 10.2 Å². The van der Waals surface area contributed by atoms with Gasteiger partial charge >= 0.3 is 0 Å². The number of benzene rings is 2. The quantitative estimate of drug-likeness (QED) is 0.753. The van der Waals surface area contributed by atoms with Crippen LogP contribution in [0.5, 0.6) is 0 Å². The summed E-state index contributed by atoms with van der Waals surface area (Å²) in [6, 6.07) is 14.1. The first-order chi connectivity index (χ1) is 9.16. The van der Waals surface area contributed by atoms with E-state index < -0.39 is 0 Å². The van der Waals surface area contributed by atoms with E-state index >= 15 is 0 Å². The van der Waals surface area contributed by atoms with Gasteiger partial charge in [0.1, 0.15) is 5.76 Å². The molecule has 1 aromatic heterocycles. The summed E-state index contributed by atoms with van der Waals surface area (Å²) < 4.78 is 19.2. The third kappa shape index (κ3) is 2.02. The van der Waals surface area contributed by atoms with E-state index in [0.717, 1.165) is 16.5 Å². The van der Waals surface area contributed by atoms with Crippen LogP contribution in [0.1, 0.15) is 22.9 Å². The molecule has 0 saturated carbocycles. The number of nitrogens with two attached hydrogens (primary N) is 1. The fraction of sp³-hybridized carbons (Fsp3) is 0.125. The van der Waals surface area contributed by atoms with Crippen molar-refractivity contribution in [3.8, 4) is 0 Å². The average Bonchev–Trinajstić information content (AvgIpc) is 2.84. The van der Waals surface area contributed by atoms with Crippen LogP contribution in [0, 0.1) is 12.7 Å².